The van der Waals surface area contributed by atoms with Crippen LogP contribution in [0.5, 0.6) is 0 Å². The minimum Gasteiger partial charge on any atom is -0.393 e. The molecule has 0 spiro atoms. The van der Waals surface area contributed by atoms with Crippen LogP contribution in [0.25, 0.3) is 0 Å². The van der Waals surface area contributed by atoms with Crippen LogP contribution in [0.3, 0.4) is 0 Å². The molecule has 0 atom stereocenters. The van der Waals surface area contributed by atoms with E-state index in [1.807, 2.05) is 0 Å². The summed E-state index contributed by atoms with van der Waals surface area (Å²) in [5, 5.41) is 12.7. The van der Waals surface area contributed by atoms with Crippen LogP contribution in [-0.2, 0) is 0 Å². The first-order valence-corrected chi connectivity index (χ1v) is 6.12. The van der Waals surface area contributed by atoms with Gasteiger partial charge in [0.05, 0.1) is 18.5 Å². The van der Waals surface area contributed by atoms with E-state index in [9.17, 15) is 5.11 Å². The summed E-state index contributed by atoms with van der Waals surface area (Å²) in [6.07, 6.45) is 6.67. The maximum atomic E-state index is 9.41. The van der Waals surface area contributed by atoms with Crippen molar-refractivity contribution < 1.29 is 5.11 Å². The van der Waals surface area contributed by atoms with Crippen molar-refractivity contribution in [2.75, 3.05) is 5.32 Å². The zero-order chi connectivity index (χ0) is 12.3. The van der Waals surface area contributed by atoms with E-state index in [1.165, 1.54) is 0 Å². The molecule has 0 unspecified atom stereocenters. The Morgan fingerprint density at radius 1 is 1.29 bits per heavy atom. The lowest BCUT2D eigenvalue weighted by Gasteiger charge is -2.26. The second-order valence-electron chi connectivity index (χ2n) is 4.30. The van der Waals surface area contributed by atoms with Crippen LogP contribution in [0.1, 0.15) is 31.4 Å². The van der Waals surface area contributed by atoms with Gasteiger partial charge in [-0.2, -0.15) is 0 Å². The molecule has 1 aliphatic rings. The van der Waals surface area contributed by atoms with Gasteiger partial charge in [-0.3, -0.25) is 0 Å². The Balaban J connectivity index is 1.92. The van der Waals surface area contributed by atoms with Gasteiger partial charge in [-0.05, 0) is 25.7 Å². The Bertz CT molecular complexity index is 387. The molecular formula is C11H16N4OS. The lowest BCUT2D eigenvalue weighted by Crippen LogP contribution is -2.28. The summed E-state index contributed by atoms with van der Waals surface area (Å²) in [5.41, 5.74) is 5.98. The summed E-state index contributed by atoms with van der Waals surface area (Å²) in [6.45, 7) is 0. The molecule has 17 heavy (non-hydrogen) atoms. The summed E-state index contributed by atoms with van der Waals surface area (Å²) >= 11 is 4.81. The van der Waals surface area contributed by atoms with Crippen LogP contribution in [-0.4, -0.2) is 32.2 Å². The molecule has 1 aliphatic carbocycles. The average Bonchev–Trinajstić information content (AvgIpc) is 2.33. The van der Waals surface area contributed by atoms with Crippen molar-refractivity contribution in [1.29, 1.82) is 0 Å². The monoisotopic (exact) mass is 252 g/mol. The number of aliphatic hydroxyl groups excluding tert-OH is 1. The minimum absolute atomic E-state index is 0.142. The molecule has 2 rings (SSSR count). The molecule has 1 heterocycles. The summed E-state index contributed by atoms with van der Waals surface area (Å²) in [5.74, 6) is 0.728. The minimum atomic E-state index is -0.142. The Kier molecular flexibility index (Phi) is 3.86. The van der Waals surface area contributed by atoms with E-state index in [4.69, 9.17) is 18.0 Å². The fourth-order valence-corrected chi connectivity index (χ4v) is 2.06. The maximum absolute atomic E-state index is 9.41. The lowest BCUT2D eigenvalue weighted by molar-refractivity contribution is 0.126. The molecule has 0 radical (unpaired) electrons. The molecule has 0 amide bonds. The topological polar surface area (TPSA) is 84.1 Å². The maximum Gasteiger partial charge on any atom is 0.144 e. The highest BCUT2D eigenvalue weighted by molar-refractivity contribution is 7.80. The van der Waals surface area contributed by atoms with E-state index in [0.717, 1.165) is 31.5 Å². The number of rotatable bonds is 3. The SMILES string of the molecule is NC(=S)c1cnc(NC2CCC(O)CC2)cn1. The van der Waals surface area contributed by atoms with Crippen molar-refractivity contribution in [3.05, 3.63) is 18.1 Å². The first kappa shape index (κ1) is 12.2. The Morgan fingerprint density at radius 3 is 2.53 bits per heavy atom. The van der Waals surface area contributed by atoms with Crippen LogP contribution in [0.2, 0.25) is 0 Å². The number of nitrogens with one attached hydrogen (secondary N) is 1. The number of nitrogens with two attached hydrogens (primary N) is 1. The summed E-state index contributed by atoms with van der Waals surface area (Å²) in [6, 6.07) is 0.364. The molecule has 1 fully saturated rings. The van der Waals surface area contributed by atoms with E-state index in [-0.39, 0.29) is 11.1 Å². The van der Waals surface area contributed by atoms with Crippen LogP contribution < -0.4 is 11.1 Å². The van der Waals surface area contributed by atoms with Crippen LogP contribution in [0.4, 0.5) is 5.82 Å². The largest absolute Gasteiger partial charge is 0.393 e. The van der Waals surface area contributed by atoms with Crippen molar-refractivity contribution in [3.63, 3.8) is 0 Å². The summed E-state index contributed by atoms with van der Waals surface area (Å²) in [4.78, 5) is 8.58. The first-order chi connectivity index (χ1) is 8.15. The highest BCUT2D eigenvalue weighted by atomic mass is 32.1. The van der Waals surface area contributed by atoms with E-state index >= 15 is 0 Å². The molecule has 5 nitrogen and oxygen atoms in total. The number of anilines is 1. The predicted molar refractivity (Wildman–Crippen MR) is 69.8 cm³/mol. The van der Waals surface area contributed by atoms with Gasteiger partial charge in [-0.25, -0.2) is 9.97 Å². The van der Waals surface area contributed by atoms with Gasteiger partial charge in [-0.1, -0.05) is 12.2 Å². The quantitative estimate of drug-likeness (QED) is 0.691. The van der Waals surface area contributed by atoms with E-state index in [2.05, 4.69) is 15.3 Å². The van der Waals surface area contributed by atoms with Crippen molar-refractivity contribution in [2.45, 2.75) is 37.8 Å². The third-order valence-electron chi connectivity index (χ3n) is 2.95. The van der Waals surface area contributed by atoms with Gasteiger partial charge >= 0.3 is 0 Å². The van der Waals surface area contributed by atoms with Gasteiger partial charge in [0.2, 0.25) is 0 Å². The molecule has 1 aromatic rings. The standard InChI is InChI=1S/C11H16N4OS/c12-11(17)9-5-14-10(6-13-9)15-7-1-3-8(16)4-2-7/h5-8,16H,1-4H2,(H2,12,17)(H,14,15). The predicted octanol–water partition coefficient (Wildman–Crippen LogP) is 0.826. The fourth-order valence-electron chi connectivity index (χ4n) is 1.96. The molecule has 0 saturated heterocycles. The molecular weight excluding hydrogens is 236 g/mol. The number of hydrogen-bond donors (Lipinski definition) is 3. The van der Waals surface area contributed by atoms with Gasteiger partial charge in [0, 0.05) is 6.04 Å². The number of aromatic nitrogens is 2. The molecule has 1 saturated carbocycles. The van der Waals surface area contributed by atoms with Crippen LogP contribution in [0.15, 0.2) is 12.4 Å². The molecule has 0 bridgehead atoms. The van der Waals surface area contributed by atoms with Gasteiger partial charge in [0.1, 0.15) is 16.5 Å². The highest BCUT2D eigenvalue weighted by Gasteiger charge is 2.19. The second-order valence-corrected chi connectivity index (χ2v) is 4.74. The van der Waals surface area contributed by atoms with Gasteiger partial charge < -0.3 is 16.2 Å². The van der Waals surface area contributed by atoms with Crippen molar-refractivity contribution in [3.8, 4) is 0 Å². The Hall–Kier alpha value is -1.27. The first-order valence-electron chi connectivity index (χ1n) is 5.71. The van der Waals surface area contributed by atoms with Crippen LogP contribution in [0, 0.1) is 0 Å². The zero-order valence-corrected chi connectivity index (χ0v) is 10.3. The fraction of sp³-hybridized carbons (Fsp3) is 0.545. The van der Waals surface area contributed by atoms with E-state index in [1.54, 1.807) is 12.4 Å². The molecule has 4 N–H and O–H groups in total. The van der Waals surface area contributed by atoms with Gasteiger partial charge in [0.25, 0.3) is 0 Å². The highest BCUT2D eigenvalue weighted by Crippen LogP contribution is 2.20. The van der Waals surface area contributed by atoms with Crippen molar-refractivity contribution in [1.82, 2.24) is 9.97 Å². The summed E-state index contributed by atoms with van der Waals surface area (Å²) in [7, 11) is 0. The second kappa shape index (κ2) is 5.37. The molecule has 0 aliphatic heterocycles. The van der Waals surface area contributed by atoms with E-state index in [0.29, 0.717) is 11.7 Å². The van der Waals surface area contributed by atoms with Gasteiger partial charge in [0.15, 0.2) is 0 Å². The number of aliphatic hydroxyl groups is 1. The average molecular weight is 252 g/mol. The third kappa shape index (κ3) is 3.34. The lowest BCUT2D eigenvalue weighted by atomic mass is 9.93. The number of thiocarbonyl (C=S) groups is 1. The molecule has 92 valence electrons. The Morgan fingerprint density at radius 2 is 2.00 bits per heavy atom. The number of hydrogen-bond acceptors (Lipinski definition) is 5. The summed E-state index contributed by atoms with van der Waals surface area (Å²) < 4.78 is 0. The number of nitrogens with zero attached hydrogens (tertiary/aromatic N) is 2. The Labute approximate surface area is 105 Å². The molecule has 0 aromatic carbocycles. The molecule has 6 heteroatoms. The van der Waals surface area contributed by atoms with Crippen molar-refractivity contribution >= 4 is 23.0 Å². The van der Waals surface area contributed by atoms with E-state index < -0.39 is 0 Å². The smallest absolute Gasteiger partial charge is 0.144 e. The third-order valence-corrected chi connectivity index (χ3v) is 3.16. The zero-order valence-electron chi connectivity index (χ0n) is 9.47. The normalized spacial score (nSPS) is 24.3. The van der Waals surface area contributed by atoms with Crippen molar-refractivity contribution in [2.24, 2.45) is 5.73 Å². The van der Waals surface area contributed by atoms with Gasteiger partial charge in [-0.15, -0.1) is 0 Å². The van der Waals surface area contributed by atoms with Crippen LogP contribution >= 0.6 is 12.2 Å². The molecule has 1 aromatic heterocycles.